The zero-order valence-corrected chi connectivity index (χ0v) is 10.4. The SMILES string of the molecule is CC(C)n1cc(N)nc1COc1cccc(F)c1. The van der Waals surface area contributed by atoms with E-state index in [1.54, 1.807) is 18.3 Å². The second kappa shape index (κ2) is 5.08. The maximum absolute atomic E-state index is 13.0. The van der Waals surface area contributed by atoms with E-state index in [-0.39, 0.29) is 18.5 Å². The highest BCUT2D eigenvalue weighted by molar-refractivity contribution is 5.27. The monoisotopic (exact) mass is 249 g/mol. The van der Waals surface area contributed by atoms with Gasteiger partial charge in [0.05, 0.1) is 0 Å². The zero-order valence-electron chi connectivity index (χ0n) is 10.4. The average molecular weight is 249 g/mol. The van der Waals surface area contributed by atoms with Gasteiger partial charge in [-0.15, -0.1) is 0 Å². The lowest BCUT2D eigenvalue weighted by Gasteiger charge is -2.11. The topological polar surface area (TPSA) is 53.1 Å². The van der Waals surface area contributed by atoms with Crippen molar-refractivity contribution in [3.05, 3.63) is 42.1 Å². The molecule has 0 aliphatic heterocycles. The van der Waals surface area contributed by atoms with Gasteiger partial charge < -0.3 is 15.0 Å². The van der Waals surface area contributed by atoms with Crippen molar-refractivity contribution in [1.82, 2.24) is 9.55 Å². The van der Waals surface area contributed by atoms with Crippen molar-refractivity contribution in [2.45, 2.75) is 26.5 Å². The smallest absolute Gasteiger partial charge is 0.149 e. The van der Waals surface area contributed by atoms with E-state index >= 15 is 0 Å². The van der Waals surface area contributed by atoms with E-state index in [0.717, 1.165) is 5.82 Å². The molecule has 1 aromatic carbocycles. The van der Waals surface area contributed by atoms with Gasteiger partial charge in [0.1, 0.15) is 29.8 Å². The van der Waals surface area contributed by atoms with Crippen molar-refractivity contribution >= 4 is 5.82 Å². The van der Waals surface area contributed by atoms with E-state index in [1.165, 1.54) is 12.1 Å². The van der Waals surface area contributed by atoms with Crippen molar-refractivity contribution < 1.29 is 9.13 Å². The summed E-state index contributed by atoms with van der Waals surface area (Å²) in [6, 6.07) is 6.27. The number of hydrogen-bond donors (Lipinski definition) is 1. The lowest BCUT2D eigenvalue weighted by molar-refractivity contribution is 0.285. The Kier molecular flexibility index (Phi) is 3.50. The summed E-state index contributed by atoms with van der Waals surface area (Å²) < 4.78 is 20.4. The van der Waals surface area contributed by atoms with E-state index in [1.807, 2.05) is 18.4 Å². The van der Waals surface area contributed by atoms with Gasteiger partial charge in [0.15, 0.2) is 0 Å². The first-order valence-corrected chi connectivity index (χ1v) is 5.78. The van der Waals surface area contributed by atoms with Gasteiger partial charge in [-0.2, -0.15) is 0 Å². The van der Waals surface area contributed by atoms with Crippen LogP contribution < -0.4 is 10.5 Å². The zero-order chi connectivity index (χ0) is 13.1. The number of imidazole rings is 1. The summed E-state index contributed by atoms with van der Waals surface area (Å²) >= 11 is 0. The summed E-state index contributed by atoms with van der Waals surface area (Å²) in [7, 11) is 0. The van der Waals surface area contributed by atoms with E-state index in [0.29, 0.717) is 11.6 Å². The standard InChI is InChI=1S/C13H16FN3O/c1-9(2)17-7-12(15)16-13(17)8-18-11-5-3-4-10(14)6-11/h3-7,9H,8,15H2,1-2H3. The van der Waals surface area contributed by atoms with Crippen LogP contribution in [0.2, 0.25) is 0 Å². The van der Waals surface area contributed by atoms with Crippen LogP contribution in [0, 0.1) is 5.82 Å². The fourth-order valence-electron chi connectivity index (χ4n) is 1.71. The highest BCUT2D eigenvalue weighted by Crippen LogP contribution is 2.17. The number of nitrogens with zero attached hydrogens (tertiary/aromatic N) is 2. The summed E-state index contributed by atoms with van der Waals surface area (Å²) in [5, 5.41) is 0. The van der Waals surface area contributed by atoms with Crippen molar-refractivity contribution in [3.8, 4) is 5.75 Å². The molecule has 1 heterocycles. The molecule has 18 heavy (non-hydrogen) atoms. The molecule has 1 aromatic heterocycles. The Balaban J connectivity index is 2.10. The Hall–Kier alpha value is -2.04. The molecule has 0 radical (unpaired) electrons. The van der Waals surface area contributed by atoms with Crippen molar-refractivity contribution in [3.63, 3.8) is 0 Å². The lowest BCUT2D eigenvalue weighted by Crippen LogP contribution is -2.08. The minimum absolute atomic E-state index is 0.251. The van der Waals surface area contributed by atoms with Gasteiger partial charge in [-0.25, -0.2) is 9.37 Å². The molecule has 4 nitrogen and oxygen atoms in total. The molecule has 0 aliphatic rings. The predicted molar refractivity (Wildman–Crippen MR) is 67.8 cm³/mol. The van der Waals surface area contributed by atoms with Crippen molar-refractivity contribution in [2.24, 2.45) is 0 Å². The highest BCUT2D eigenvalue weighted by atomic mass is 19.1. The van der Waals surface area contributed by atoms with Gasteiger partial charge in [-0.1, -0.05) is 6.07 Å². The molecular weight excluding hydrogens is 233 g/mol. The maximum Gasteiger partial charge on any atom is 0.149 e. The van der Waals surface area contributed by atoms with E-state index in [9.17, 15) is 4.39 Å². The Labute approximate surface area is 105 Å². The van der Waals surface area contributed by atoms with Crippen LogP contribution in [0.15, 0.2) is 30.5 Å². The molecule has 2 aromatic rings. The van der Waals surface area contributed by atoms with E-state index in [2.05, 4.69) is 4.98 Å². The summed E-state index contributed by atoms with van der Waals surface area (Å²) in [6.07, 6.45) is 1.77. The molecule has 0 fully saturated rings. The van der Waals surface area contributed by atoms with Gasteiger partial charge >= 0.3 is 0 Å². The predicted octanol–water partition coefficient (Wildman–Crippen LogP) is 2.76. The first kappa shape index (κ1) is 12.4. The number of halogens is 1. The Bertz CT molecular complexity index is 537. The first-order chi connectivity index (χ1) is 8.56. The third-order valence-corrected chi connectivity index (χ3v) is 2.55. The Morgan fingerprint density at radius 2 is 2.22 bits per heavy atom. The molecule has 5 heteroatoms. The summed E-state index contributed by atoms with van der Waals surface area (Å²) in [4.78, 5) is 4.19. The van der Waals surface area contributed by atoms with Gasteiger partial charge in [-0.3, -0.25) is 0 Å². The van der Waals surface area contributed by atoms with Crippen molar-refractivity contribution in [1.29, 1.82) is 0 Å². The second-order valence-electron chi connectivity index (χ2n) is 4.33. The highest BCUT2D eigenvalue weighted by Gasteiger charge is 2.09. The van der Waals surface area contributed by atoms with Gasteiger partial charge in [0.25, 0.3) is 0 Å². The molecule has 2 rings (SSSR count). The molecule has 0 bridgehead atoms. The molecular formula is C13H16FN3O. The van der Waals surface area contributed by atoms with Crippen LogP contribution in [0.1, 0.15) is 25.7 Å². The molecule has 0 saturated carbocycles. The molecule has 0 spiro atoms. The summed E-state index contributed by atoms with van der Waals surface area (Å²) in [6.45, 7) is 4.33. The van der Waals surface area contributed by atoms with Crippen LogP contribution in [0.5, 0.6) is 5.75 Å². The summed E-state index contributed by atoms with van der Waals surface area (Å²) in [5.41, 5.74) is 5.66. The molecule has 96 valence electrons. The summed E-state index contributed by atoms with van der Waals surface area (Å²) in [5.74, 6) is 1.35. The Morgan fingerprint density at radius 1 is 1.44 bits per heavy atom. The minimum Gasteiger partial charge on any atom is -0.486 e. The number of benzene rings is 1. The normalized spacial score (nSPS) is 10.9. The van der Waals surface area contributed by atoms with Crippen LogP contribution in [-0.4, -0.2) is 9.55 Å². The molecule has 0 aliphatic carbocycles. The lowest BCUT2D eigenvalue weighted by atomic mass is 10.3. The van der Waals surface area contributed by atoms with Gasteiger partial charge in [0, 0.05) is 18.3 Å². The number of nitrogen functional groups attached to an aromatic ring is 1. The van der Waals surface area contributed by atoms with E-state index in [4.69, 9.17) is 10.5 Å². The second-order valence-corrected chi connectivity index (χ2v) is 4.33. The third kappa shape index (κ3) is 2.80. The largest absolute Gasteiger partial charge is 0.486 e. The quantitative estimate of drug-likeness (QED) is 0.906. The number of nitrogens with two attached hydrogens (primary N) is 1. The fourth-order valence-corrected chi connectivity index (χ4v) is 1.71. The third-order valence-electron chi connectivity index (χ3n) is 2.55. The van der Waals surface area contributed by atoms with Crippen LogP contribution in [0.3, 0.4) is 0 Å². The molecule has 0 amide bonds. The van der Waals surface area contributed by atoms with Gasteiger partial charge in [-0.05, 0) is 26.0 Å². The number of aromatic nitrogens is 2. The first-order valence-electron chi connectivity index (χ1n) is 5.78. The number of anilines is 1. The van der Waals surface area contributed by atoms with Crippen LogP contribution in [0.4, 0.5) is 10.2 Å². The average Bonchev–Trinajstić information content (AvgIpc) is 2.68. The van der Waals surface area contributed by atoms with Crippen LogP contribution in [-0.2, 0) is 6.61 Å². The number of rotatable bonds is 4. The van der Waals surface area contributed by atoms with E-state index < -0.39 is 0 Å². The molecule has 0 atom stereocenters. The number of hydrogen-bond acceptors (Lipinski definition) is 3. The minimum atomic E-state index is -0.320. The molecule has 0 saturated heterocycles. The maximum atomic E-state index is 13.0. The van der Waals surface area contributed by atoms with Gasteiger partial charge in [0.2, 0.25) is 0 Å². The molecule has 0 unspecified atom stereocenters. The molecule has 2 N–H and O–H groups in total. The van der Waals surface area contributed by atoms with Crippen LogP contribution in [0.25, 0.3) is 0 Å². The Morgan fingerprint density at radius 3 is 2.89 bits per heavy atom. The van der Waals surface area contributed by atoms with Crippen molar-refractivity contribution in [2.75, 3.05) is 5.73 Å². The fraction of sp³-hybridized carbons (Fsp3) is 0.308. The number of ether oxygens (including phenoxy) is 1. The van der Waals surface area contributed by atoms with Crippen LogP contribution >= 0.6 is 0 Å².